The van der Waals surface area contributed by atoms with Gasteiger partial charge in [0.25, 0.3) is 0 Å². The number of ketones is 3. The van der Waals surface area contributed by atoms with E-state index in [4.69, 9.17) is 0 Å². The molecule has 7 heteroatoms. The number of aliphatic hydroxyl groups excluding tert-OH is 2. The molecular weight excluding hydrogens is 388 g/mol. The zero-order valence-corrected chi connectivity index (χ0v) is 16.7. The molecule has 0 saturated heterocycles. The van der Waals surface area contributed by atoms with Gasteiger partial charge in [-0.15, -0.1) is 0 Å². The Kier molecular flexibility index (Phi) is 4.29. The molecule has 0 aliphatic heterocycles. The Hall–Kier alpha value is -3.19. The van der Waals surface area contributed by atoms with Crippen LogP contribution in [-0.2, 0) is 20.8 Å². The lowest BCUT2D eigenvalue weighted by atomic mass is 9.59. The Morgan fingerprint density at radius 3 is 2.40 bits per heavy atom. The second-order valence-electron chi connectivity index (χ2n) is 8.36. The first-order chi connectivity index (χ1) is 14.0. The van der Waals surface area contributed by atoms with Gasteiger partial charge in [-0.2, -0.15) is 0 Å². The van der Waals surface area contributed by atoms with Crippen LogP contribution in [0.15, 0.2) is 35.6 Å². The Labute approximate surface area is 172 Å². The highest BCUT2D eigenvalue weighted by atomic mass is 16.3. The third-order valence-corrected chi connectivity index (χ3v) is 6.51. The summed E-state index contributed by atoms with van der Waals surface area (Å²) in [5, 5.41) is 43.1. The maximum Gasteiger partial charge on any atom is 0.202 e. The van der Waals surface area contributed by atoms with E-state index in [1.54, 1.807) is 13.0 Å². The van der Waals surface area contributed by atoms with Gasteiger partial charge in [0.15, 0.2) is 17.2 Å². The van der Waals surface area contributed by atoms with Crippen molar-refractivity contribution in [3.8, 4) is 5.75 Å². The van der Waals surface area contributed by atoms with Gasteiger partial charge in [0.1, 0.15) is 22.8 Å². The number of hydrogen-bond acceptors (Lipinski definition) is 7. The number of aliphatic hydroxyl groups is 3. The number of rotatable bonds is 2. The fraction of sp³-hybridized carbons (Fsp3) is 0.348. The highest BCUT2D eigenvalue weighted by Gasteiger charge is 2.60. The summed E-state index contributed by atoms with van der Waals surface area (Å²) >= 11 is 0. The van der Waals surface area contributed by atoms with Crippen LogP contribution < -0.4 is 0 Å². The van der Waals surface area contributed by atoms with Crippen LogP contribution >= 0.6 is 0 Å². The summed E-state index contributed by atoms with van der Waals surface area (Å²) in [6.45, 7) is 6.80. The number of benzene rings is 1. The lowest BCUT2D eigenvalue weighted by Gasteiger charge is -2.46. The summed E-state index contributed by atoms with van der Waals surface area (Å²) < 4.78 is 0. The van der Waals surface area contributed by atoms with Crippen LogP contribution in [0.5, 0.6) is 5.75 Å². The van der Waals surface area contributed by atoms with Gasteiger partial charge in [0.2, 0.25) is 5.78 Å². The van der Waals surface area contributed by atoms with Crippen molar-refractivity contribution in [1.82, 2.24) is 0 Å². The first-order valence-electron chi connectivity index (χ1n) is 9.69. The minimum Gasteiger partial charge on any atom is -0.508 e. The largest absolute Gasteiger partial charge is 0.508 e. The van der Waals surface area contributed by atoms with Gasteiger partial charge in [-0.25, -0.2) is 0 Å². The van der Waals surface area contributed by atoms with Crippen LogP contribution in [0, 0.1) is 11.8 Å². The Bertz CT molecular complexity index is 1120. The average Bonchev–Trinajstić information content (AvgIpc) is 2.64. The quantitative estimate of drug-likeness (QED) is 0.551. The van der Waals surface area contributed by atoms with Crippen molar-refractivity contribution >= 4 is 28.7 Å². The predicted molar refractivity (Wildman–Crippen MR) is 108 cm³/mol. The van der Waals surface area contributed by atoms with E-state index >= 15 is 0 Å². The van der Waals surface area contributed by atoms with Crippen LogP contribution in [0.4, 0.5) is 0 Å². The minimum atomic E-state index is -2.46. The summed E-state index contributed by atoms with van der Waals surface area (Å²) in [6.07, 6.45) is 0.182. The molecule has 0 radical (unpaired) electrons. The zero-order valence-electron chi connectivity index (χ0n) is 16.7. The fourth-order valence-corrected chi connectivity index (χ4v) is 5.13. The maximum absolute atomic E-state index is 13.4. The molecule has 0 amide bonds. The maximum atomic E-state index is 13.4. The van der Waals surface area contributed by atoms with Crippen LogP contribution in [0.1, 0.15) is 43.4 Å². The van der Waals surface area contributed by atoms with E-state index in [0.717, 1.165) is 18.1 Å². The number of carbonyl (C=O) groups excluding carboxylic acids is 3. The van der Waals surface area contributed by atoms with Crippen LogP contribution in [-0.4, -0.2) is 43.4 Å². The Morgan fingerprint density at radius 2 is 1.80 bits per heavy atom. The second kappa shape index (κ2) is 6.40. The van der Waals surface area contributed by atoms with E-state index in [1.165, 1.54) is 6.07 Å². The highest BCUT2D eigenvalue weighted by Crippen LogP contribution is 2.52. The van der Waals surface area contributed by atoms with Crippen molar-refractivity contribution in [2.24, 2.45) is 11.8 Å². The van der Waals surface area contributed by atoms with Gasteiger partial charge in [0, 0.05) is 17.9 Å². The van der Waals surface area contributed by atoms with Crippen molar-refractivity contribution in [3.05, 3.63) is 52.3 Å². The third kappa shape index (κ3) is 2.45. The SMILES string of the molecule is C=C(C)c1ccc(O)c2c1CC1CC3CC(=O)C(C(C)=O)=C(O)C3(O)C(=O)C1=C2O. The summed E-state index contributed by atoms with van der Waals surface area (Å²) in [5.41, 5.74) is -0.960. The molecule has 0 heterocycles. The Balaban J connectivity index is 1.96. The van der Waals surface area contributed by atoms with E-state index in [9.17, 15) is 34.8 Å². The second-order valence-corrected chi connectivity index (χ2v) is 8.36. The van der Waals surface area contributed by atoms with E-state index in [1.807, 2.05) is 0 Å². The summed E-state index contributed by atoms with van der Waals surface area (Å²) in [6, 6.07) is 3.09. The number of carbonyl (C=O) groups is 3. The molecule has 30 heavy (non-hydrogen) atoms. The lowest BCUT2D eigenvalue weighted by Crippen LogP contribution is -2.57. The average molecular weight is 410 g/mol. The monoisotopic (exact) mass is 410 g/mol. The number of hydrogen-bond donors (Lipinski definition) is 4. The lowest BCUT2D eigenvalue weighted by molar-refractivity contribution is -0.147. The van der Waals surface area contributed by atoms with E-state index in [-0.39, 0.29) is 29.7 Å². The number of phenolic OH excluding ortho intramolecular Hbond substituents is 1. The first-order valence-corrected chi connectivity index (χ1v) is 9.69. The number of allylic oxidation sites excluding steroid dienone is 2. The first kappa shape index (κ1) is 20.1. The molecule has 3 aliphatic rings. The summed E-state index contributed by atoms with van der Waals surface area (Å²) in [5.74, 6) is -5.38. The fourth-order valence-electron chi connectivity index (χ4n) is 5.13. The summed E-state index contributed by atoms with van der Waals surface area (Å²) in [4.78, 5) is 37.6. The molecule has 7 nitrogen and oxygen atoms in total. The van der Waals surface area contributed by atoms with Gasteiger partial charge in [-0.1, -0.05) is 18.2 Å². The van der Waals surface area contributed by atoms with Crippen molar-refractivity contribution in [1.29, 1.82) is 0 Å². The molecule has 4 rings (SSSR count). The molecule has 3 atom stereocenters. The van der Waals surface area contributed by atoms with Crippen LogP contribution in [0.25, 0.3) is 11.3 Å². The molecule has 1 aromatic carbocycles. The summed E-state index contributed by atoms with van der Waals surface area (Å²) in [7, 11) is 0. The van der Waals surface area contributed by atoms with Crippen LogP contribution in [0.2, 0.25) is 0 Å². The van der Waals surface area contributed by atoms with Gasteiger partial charge in [-0.05, 0) is 49.8 Å². The van der Waals surface area contributed by atoms with Gasteiger partial charge >= 0.3 is 0 Å². The van der Waals surface area contributed by atoms with Crippen LogP contribution in [0.3, 0.4) is 0 Å². The molecule has 4 N–H and O–H groups in total. The molecule has 0 aromatic heterocycles. The smallest absolute Gasteiger partial charge is 0.202 e. The van der Waals surface area contributed by atoms with E-state index in [0.29, 0.717) is 12.0 Å². The van der Waals surface area contributed by atoms with Crippen molar-refractivity contribution < 1.29 is 34.8 Å². The molecule has 0 spiro atoms. The number of aromatic hydroxyl groups is 1. The van der Waals surface area contributed by atoms with Gasteiger partial charge < -0.3 is 20.4 Å². The predicted octanol–water partition coefficient (Wildman–Crippen LogP) is 2.56. The number of Topliss-reactive ketones (excluding diaryl/α,β-unsaturated/α-hetero) is 3. The number of phenols is 1. The Morgan fingerprint density at radius 1 is 1.13 bits per heavy atom. The standard InChI is InChI=1S/C23H22O7/c1-9(2)13-4-5-15(25)19-14(13)7-11-6-12-8-16(26)17(10(3)24)21(28)23(12,30)22(29)18(11)20(19)27/h4-5,11-12,25,27-28,30H,1,6-8H2,2-3H3. The molecular formula is C23H22O7. The van der Waals surface area contributed by atoms with E-state index in [2.05, 4.69) is 6.58 Å². The third-order valence-electron chi connectivity index (χ3n) is 6.51. The molecule has 1 saturated carbocycles. The highest BCUT2D eigenvalue weighted by molar-refractivity contribution is 6.23. The van der Waals surface area contributed by atoms with Crippen molar-refractivity contribution in [3.63, 3.8) is 0 Å². The van der Waals surface area contributed by atoms with Gasteiger partial charge in [0.05, 0.1) is 5.56 Å². The van der Waals surface area contributed by atoms with Crippen molar-refractivity contribution in [2.75, 3.05) is 0 Å². The molecule has 1 aromatic rings. The van der Waals surface area contributed by atoms with Crippen molar-refractivity contribution in [2.45, 2.75) is 38.7 Å². The molecule has 3 unspecified atom stereocenters. The topological polar surface area (TPSA) is 132 Å². The minimum absolute atomic E-state index is 0.0966. The number of fused-ring (bicyclic) bond motifs is 3. The van der Waals surface area contributed by atoms with Gasteiger partial charge in [-0.3, -0.25) is 14.4 Å². The molecule has 3 aliphatic carbocycles. The molecule has 0 bridgehead atoms. The zero-order chi connectivity index (χ0) is 22.1. The molecule has 1 fully saturated rings. The van der Waals surface area contributed by atoms with E-state index < -0.39 is 51.9 Å². The molecule has 156 valence electrons. The normalized spacial score (nSPS) is 28.1.